The van der Waals surface area contributed by atoms with Crippen LogP contribution < -0.4 is 15.0 Å². The molecule has 37 heavy (non-hydrogen) atoms. The molecular weight excluding hydrogens is 468 g/mol. The lowest BCUT2D eigenvalue weighted by Crippen LogP contribution is -2.49. The summed E-state index contributed by atoms with van der Waals surface area (Å²) in [6.07, 6.45) is 0.472. The third-order valence-corrected chi connectivity index (χ3v) is 6.00. The van der Waals surface area contributed by atoms with Gasteiger partial charge in [0.2, 0.25) is 5.91 Å². The predicted octanol–water partition coefficient (Wildman–Crippen LogP) is 5.30. The molecule has 0 spiro atoms. The van der Waals surface area contributed by atoms with Crippen molar-refractivity contribution in [2.45, 2.75) is 51.9 Å². The molecule has 1 N–H and O–H groups in total. The Kier molecular flexibility index (Phi) is 7.92. The number of rotatable bonds is 8. The van der Waals surface area contributed by atoms with Crippen molar-refractivity contribution in [3.05, 3.63) is 83.9 Å². The summed E-state index contributed by atoms with van der Waals surface area (Å²) in [5.41, 5.74) is 4.32. The Bertz CT molecular complexity index is 1250. The molecule has 0 saturated heterocycles. The Morgan fingerprint density at radius 1 is 1.00 bits per heavy atom. The van der Waals surface area contributed by atoms with Crippen molar-refractivity contribution in [3.63, 3.8) is 0 Å². The first kappa shape index (κ1) is 25.9. The number of anilines is 1. The zero-order valence-corrected chi connectivity index (χ0v) is 21.4. The molecule has 3 aromatic rings. The van der Waals surface area contributed by atoms with E-state index in [4.69, 9.17) is 9.47 Å². The van der Waals surface area contributed by atoms with E-state index in [9.17, 15) is 14.4 Å². The van der Waals surface area contributed by atoms with Crippen molar-refractivity contribution in [1.29, 1.82) is 0 Å². The van der Waals surface area contributed by atoms with E-state index in [2.05, 4.69) is 11.4 Å². The number of amides is 2. The van der Waals surface area contributed by atoms with Gasteiger partial charge in [-0.05, 0) is 73.7 Å². The highest BCUT2D eigenvalue weighted by molar-refractivity contribution is 6.01. The average molecular weight is 501 g/mol. The quantitative estimate of drug-likeness (QED) is 0.424. The number of ether oxygens (including phenoxy) is 2. The van der Waals surface area contributed by atoms with Crippen LogP contribution >= 0.6 is 0 Å². The maximum Gasteiger partial charge on any atom is 0.408 e. The number of alkyl carbamates (subject to hydrolysis) is 1. The largest absolute Gasteiger partial charge is 0.489 e. The summed E-state index contributed by atoms with van der Waals surface area (Å²) in [7, 11) is 0. The molecule has 3 aromatic carbocycles. The van der Waals surface area contributed by atoms with Crippen LogP contribution in [-0.4, -0.2) is 36.5 Å². The molecule has 1 atom stereocenters. The molecule has 7 nitrogen and oxygen atoms in total. The van der Waals surface area contributed by atoms with Gasteiger partial charge in [0.15, 0.2) is 0 Å². The van der Waals surface area contributed by atoms with Gasteiger partial charge >= 0.3 is 6.09 Å². The van der Waals surface area contributed by atoms with Crippen LogP contribution in [0.3, 0.4) is 0 Å². The van der Waals surface area contributed by atoms with E-state index in [0.29, 0.717) is 25.9 Å². The predicted molar refractivity (Wildman–Crippen MR) is 143 cm³/mol. The first-order chi connectivity index (χ1) is 17.7. The van der Waals surface area contributed by atoms with Gasteiger partial charge in [0, 0.05) is 18.7 Å². The van der Waals surface area contributed by atoms with E-state index in [0.717, 1.165) is 33.7 Å². The van der Waals surface area contributed by atoms with Gasteiger partial charge in [-0.2, -0.15) is 0 Å². The normalized spacial score (nSPS) is 13.4. The summed E-state index contributed by atoms with van der Waals surface area (Å²) in [6.45, 7) is 6.21. The van der Waals surface area contributed by atoms with Gasteiger partial charge in [-0.15, -0.1) is 0 Å². The number of fused-ring (bicyclic) bond motifs is 1. The third-order valence-electron chi connectivity index (χ3n) is 6.00. The highest BCUT2D eigenvalue weighted by atomic mass is 16.6. The van der Waals surface area contributed by atoms with Crippen molar-refractivity contribution in [3.8, 4) is 16.9 Å². The third kappa shape index (κ3) is 6.76. The molecule has 0 unspecified atom stereocenters. The first-order valence-corrected chi connectivity index (χ1v) is 12.4. The highest BCUT2D eigenvalue weighted by Crippen LogP contribution is 2.33. The number of hydrogen-bond donors (Lipinski definition) is 1. The fourth-order valence-electron chi connectivity index (χ4n) is 4.25. The molecule has 192 valence electrons. The Morgan fingerprint density at radius 2 is 1.70 bits per heavy atom. The minimum absolute atomic E-state index is 0.124. The molecule has 1 aliphatic rings. The van der Waals surface area contributed by atoms with Crippen molar-refractivity contribution < 1.29 is 23.9 Å². The molecule has 0 fully saturated rings. The summed E-state index contributed by atoms with van der Waals surface area (Å²) in [4.78, 5) is 38.3. The van der Waals surface area contributed by atoms with Gasteiger partial charge in [-0.1, -0.05) is 48.5 Å². The maximum absolute atomic E-state index is 13.2. The van der Waals surface area contributed by atoms with E-state index in [-0.39, 0.29) is 12.3 Å². The summed E-state index contributed by atoms with van der Waals surface area (Å²) in [5.74, 6) is 0.466. The Hall–Kier alpha value is -4.13. The molecule has 1 heterocycles. The van der Waals surface area contributed by atoms with Gasteiger partial charge in [0.1, 0.15) is 30.3 Å². The van der Waals surface area contributed by atoms with Gasteiger partial charge in [0.05, 0.1) is 0 Å². The fourth-order valence-corrected chi connectivity index (χ4v) is 4.25. The zero-order valence-electron chi connectivity index (χ0n) is 21.4. The summed E-state index contributed by atoms with van der Waals surface area (Å²) in [5, 5.41) is 2.55. The lowest BCUT2D eigenvalue weighted by Gasteiger charge is -2.26. The molecule has 0 bridgehead atoms. The molecule has 0 radical (unpaired) electrons. The summed E-state index contributed by atoms with van der Waals surface area (Å²) < 4.78 is 11.1. The van der Waals surface area contributed by atoms with E-state index in [1.165, 1.54) is 0 Å². The van der Waals surface area contributed by atoms with Crippen LogP contribution in [0.1, 0.15) is 38.3 Å². The lowest BCUT2D eigenvalue weighted by molar-refractivity contribution is -0.122. The number of carbonyl (C=O) groups is 3. The van der Waals surface area contributed by atoms with Crippen LogP contribution in [0.15, 0.2) is 72.8 Å². The number of hydrogen-bond acceptors (Lipinski definition) is 5. The number of nitrogens with zero attached hydrogens (tertiary/aromatic N) is 1. The van der Waals surface area contributed by atoms with E-state index in [1.807, 2.05) is 66.7 Å². The van der Waals surface area contributed by atoms with Gasteiger partial charge in [-0.25, -0.2) is 4.79 Å². The summed E-state index contributed by atoms with van der Waals surface area (Å²) >= 11 is 0. The van der Waals surface area contributed by atoms with Crippen molar-refractivity contribution >= 4 is 24.0 Å². The smallest absolute Gasteiger partial charge is 0.408 e. The second kappa shape index (κ2) is 11.3. The van der Waals surface area contributed by atoms with Gasteiger partial charge < -0.3 is 24.5 Å². The molecule has 7 heteroatoms. The standard InChI is InChI=1S/C30H32N2O5/c1-30(2,3)37-29(35)31-26(16-18-33)28(34)32-17-15-24-19-23(11-14-27(24)32)22-9-12-25(13-10-22)36-20-21-7-5-4-6-8-21/h4-14,18-19,26H,15-17,20H2,1-3H3,(H,31,35)/t26-/m1/s1. The van der Waals surface area contributed by atoms with Crippen molar-refractivity contribution in [2.24, 2.45) is 0 Å². The van der Waals surface area contributed by atoms with Crippen molar-refractivity contribution in [1.82, 2.24) is 5.32 Å². The molecule has 0 aliphatic carbocycles. The van der Waals surface area contributed by atoms with Crippen molar-refractivity contribution in [2.75, 3.05) is 11.4 Å². The monoisotopic (exact) mass is 500 g/mol. The van der Waals surface area contributed by atoms with Crippen LogP contribution in [0, 0.1) is 0 Å². The molecule has 0 aromatic heterocycles. The van der Waals surface area contributed by atoms with Crippen LogP contribution in [0.25, 0.3) is 11.1 Å². The van der Waals surface area contributed by atoms with Gasteiger partial charge in [0.25, 0.3) is 0 Å². The number of carbonyl (C=O) groups excluding carboxylic acids is 3. The Morgan fingerprint density at radius 3 is 2.38 bits per heavy atom. The van der Waals surface area contributed by atoms with Crippen LogP contribution in [0.4, 0.5) is 10.5 Å². The minimum Gasteiger partial charge on any atom is -0.489 e. The van der Waals surface area contributed by atoms with Crippen LogP contribution in [0.5, 0.6) is 5.75 Å². The first-order valence-electron chi connectivity index (χ1n) is 12.4. The SMILES string of the molecule is CC(C)(C)OC(=O)N[C@H](CC=O)C(=O)N1CCc2cc(-c3ccc(OCc4ccccc4)cc3)ccc21. The number of aldehydes is 1. The van der Waals surface area contributed by atoms with Crippen LogP contribution in [-0.2, 0) is 27.4 Å². The van der Waals surface area contributed by atoms with E-state index in [1.54, 1.807) is 25.7 Å². The average Bonchev–Trinajstić information content (AvgIpc) is 3.30. The fraction of sp³-hybridized carbons (Fsp3) is 0.300. The van der Waals surface area contributed by atoms with Gasteiger partial charge in [-0.3, -0.25) is 4.79 Å². The van der Waals surface area contributed by atoms with E-state index >= 15 is 0 Å². The molecule has 0 saturated carbocycles. The Labute approximate surface area is 217 Å². The number of nitrogens with one attached hydrogen (secondary N) is 1. The maximum atomic E-state index is 13.2. The minimum atomic E-state index is -0.985. The zero-order chi connectivity index (χ0) is 26.4. The topological polar surface area (TPSA) is 84.9 Å². The number of benzene rings is 3. The van der Waals surface area contributed by atoms with E-state index < -0.39 is 17.7 Å². The molecule has 4 rings (SSSR count). The highest BCUT2D eigenvalue weighted by Gasteiger charge is 2.32. The second-order valence-electron chi connectivity index (χ2n) is 9.98. The molecule has 2 amide bonds. The Balaban J connectivity index is 1.43. The second-order valence-corrected chi connectivity index (χ2v) is 9.98. The molecular formula is C30H32N2O5. The summed E-state index contributed by atoms with van der Waals surface area (Å²) in [6, 6.07) is 22.9. The lowest BCUT2D eigenvalue weighted by atomic mass is 10.0. The molecule has 1 aliphatic heterocycles. The van der Waals surface area contributed by atoms with Crippen LogP contribution in [0.2, 0.25) is 0 Å².